The molecule has 4 heteroatoms. The van der Waals surface area contributed by atoms with Gasteiger partial charge < -0.3 is 14.4 Å². The summed E-state index contributed by atoms with van der Waals surface area (Å²) in [7, 11) is 3.71. The molecule has 0 aliphatic rings. The Morgan fingerprint density at radius 3 is 2.50 bits per heavy atom. The molecule has 0 radical (unpaired) electrons. The van der Waals surface area contributed by atoms with Gasteiger partial charge in [-0.3, -0.25) is 0 Å². The monoisotopic (exact) mass is 248 g/mol. The van der Waals surface area contributed by atoms with E-state index in [1.807, 2.05) is 31.3 Å². The molecule has 0 saturated heterocycles. The summed E-state index contributed by atoms with van der Waals surface area (Å²) in [6.07, 6.45) is 0.928. The maximum Gasteiger partial charge on any atom is 0.0991 e. The minimum absolute atomic E-state index is 0.683. The molecule has 0 aliphatic heterocycles. The fourth-order valence-electron chi connectivity index (χ4n) is 1.53. The van der Waals surface area contributed by atoms with Crippen LogP contribution in [-0.4, -0.2) is 40.5 Å². The highest BCUT2D eigenvalue weighted by Gasteiger charge is 2.00. The molecule has 98 valence electrons. The molecule has 1 rings (SSSR count). The molecule has 0 aromatic heterocycles. The van der Waals surface area contributed by atoms with Gasteiger partial charge in [-0.25, -0.2) is 0 Å². The van der Waals surface area contributed by atoms with Gasteiger partial charge in [0.15, 0.2) is 0 Å². The summed E-state index contributed by atoms with van der Waals surface area (Å²) in [6, 6.07) is 9.66. The Kier molecular flexibility index (Phi) is 6.85. The van der Waals surface area contributed by atoms with E-state index in [9.17, 15) is 0 Å². The second-order valence-electron chi connectivity index (χ2n) is 4.04. The van der Waals surface area contributed by atoms with E-state index in [0.717, 1.165) is 31.9 Å². The summed E-state index contributed by atoms with van der Waals surface area (Å²) in [5.41, 5.74) is 1.78. The number of likely N-dealkylation sites (N-methyl/N-ethyl adjacent to an activating group) is 1. The lowest BCUT2D eigenvalue weighted by atomic mass is 10.2. The van der Waals surface area contributed by atoms with E-state index in [4.69, 9.17) is 14.7 Å². The van der Waals surface area contributed by atoms with Crippen molar-refractivity contribution in [3.05, 3.63) is 29.8 Å². The van der Waals surface area contributed by atoms with E-state index in [1.165, 1.54) is 0 Å². The Morgan fingerprint density at radius 1 is 1.17 bits per heavy atom. The first-order chi connectivity index (χ1) is 8.77. The number of rotatable bonds is 8. The molecule has 18 heavy (non-hydrogen) atoms. The molecular formula is C14H20N2O2. The van der Waals surface area contributed by atoms with Crippen LogP contribution in [0.15, 0.2) is 24.3 Å². The highest BCUT2D eigenvalue weighted by molar-refractivity contribution is 5.48. The average molecular weight is 248 g/mol. The molecule has 0 fully saturated rings. The topological polar surface area (TPSA) is 45.5 Å². The molecule has 0 N–H and O–H groups in total. The van der Waals surface area contributed by atoms with Crippen LogP contribution >= 0.6 is 0 Å². The fourth-order valence-corrected chi connectivity index (χ4v) is 1.53. The Morgan fingerprint density at radius 2 is 1.89 bits per heavy atom. The molecule has 0 saturated carbocycles. The molecule has 0 bridgehead atoms. The third-order valence-corrected chi connectivity index (χ3v) is 2.65. The largest absolute Gasteiger partial charge is 0.385 e. The summed E-state index contributed by atoms with van der Waals surface area (Å²) in [5, 5.41) is 8.72. The van der Waals surface area contributed by atoms with Crippen molar-refractivity contribution in [2.45, 2.75) is 6.42 Å². The summed E-state index contributed by atoms with van der Waals surface area (Å²) in [6.45, 7) is 3.00. The third-order valence-electron chi connectivity index (χ3n) is 2.65. The van der Waals surface area contributed by atoms with Crippen LogP contribution in [0.2, 0.25) is 0 Å². The Bertz CT molecular complexity index is 370. The summed E-state index contributed by atoms with van der Waals surface area (Å²) >= 11 is 0. The van der Waals surface area contributed by atoms with Gasteiger partial charge >= 0.3 is 0 Å². The van der Waals surface area contributed by atoms with Crippen LogP contribution in [0.5, 0.6) is 0 Å². The molecule has 0 unspecified atom stereocenters. The van der Waals surface area contributed by atoms with Crippen LogP contribution in [0.25, 0.3) is 0 Å². The Balaban J connectivity index is 2.23. The molecule has 0 heterocycles. The van der Waals surface area contributed by atoms with Crippen LogP contribution in [-0.2, 0) is 9.47 Å². The molecule has 1 aromatic rings. The van der Waals surface area contributed by atoms with Gasteiger partial charge in [0.1, 0.15) is 0 Å². The average Bonchev–Trinajstić information content (AvgIpc) is 2.42. The first-order valence-corrected chi connectivity index (χ1v) is 6.06. The lowest BCUT2D eigenvalue weighted by molar-refractivity contribution is 0.107. The quantitative estimate of drug-likeness (QED) is 0.660. The van der Waals surface area contributed by atoms with E-state index < -0.39 is 0 Å². The van der Waals surface area contributed by atoms with E-state index in [0.29, 0.717) is 12.2 Å². The predicted molar refractivity (Wildman–Crippen MR) is 71.7 cm³/mol. The lowest BCUT2D eigenvalue weighted by Gasteiger charge is -2.19. The minimum Gasteiger partial charge on any atom is -0.385 e. The summed E-state index contributed by atoms with van der Waals surface area (Å²) in [5.74, 6) is 0. The maximum absolute atomic E-state index is 8.72. The number of hydrogen-bond acceptors (Lipinski definition) is 4. The normalized spacial score (nSPS) is 10.1. The second-order valence-corrected chi connectivity index (χ2v) is 4.04. The summed E-state index contributed by atoms with van der Waals surface area (Å²) in [4.78, 5) is 2.11. The number of anilines is 1. The van der Waals surface area contributed by atoms with Crippen LogP contribution < -0.4 is 4.90 Å². The van der Waals surface area contributed by atoms with Gasteiger partial charge in [0.25, 0.3) is 0 Å². The maximum atomic E-state index is 8.72. The Labute approximate surface area is 109 Å². The van der Waals surface area contributed by atoms with Crippen molar-refractivity contribution in [1.29, 1.82) is 5.26 Å². The molecule has 0 amide bonds. The molecule has 4 nitrogen and oxygen atoms in total. The first-order valence-electron chi connectivity index (χ1n) is 6.06. The van der Waals surface area contributed by atoms with E-state index in [2.05, 4.69) is 11.0 Å². The van der Waals surface area contributed by atoms with Crippen LogP contribution in [0.3, 0.4) is 0 Å². The molecule has 1 aromatic carbocycles. The highest BCUT2D eigenvalue weighted by atomic mass is 16.5. The number of methoxy groups -OCH3 is 1. The number of nitriles is 1. The van der Waals surface area contributed by atoms with Gasteiger partial charge in [0.2, 0.25) is 0 Å². The van der Waals surface area contributed by atoms with Gasteiger partial charge in [0.05, 0.1) is 18.2 Å². The second kappa shape index (κ2) is 8.51. The molecule has 0 aliphatic carbocycles. The van der Waals surface area contributed by atoms with Gasteiger partial charge in [0, 0.05) is 39.6 Å². The van der Waals surface area contributed by atoms with Gasteiger partial charge in [-0.2, -0.15) is 5.26 Å². The van der Waals surface area contributed by atoms with Gasteiger partial charge in [-0.1, -0.05) is 0 Å². The van der Waals surface area contributed by atoms with E-state index in [-0.39, 0.29) is 0 Å². The third kappa shape index (κ3) is 5.17. The van der Waals surface area contributed by atoms with Crippen molar-refractivity contribution < 1.29 is 9.47 Å². The molecule has 0 spiro atoms. The number of ether oxygens (including phenoxy) is 2. The zero-order valence-electron chi connectivity index (χ0n) is 11.1. The Hall–Kier alpha value is -1.57. The van der Waals surface area contributed by atoms with Crippen molar-refractivity contribution in [2.24, 2.45) is 0 Å². The van der Waals surface area contributed by atoms with Crippen molar-refractivity contribution in [2.75, 3.05) is 45.4 Å². The predicted octanol–water partition coefficient (Wildman–Crippen LogP) is 2.05. The van der Waals surface area contributed by atoms with E-state index >= 15 is 0 Å². The van der Waals surface area contributed by atoms with Crippen molar-refractivity contribution >= 4 is 5.69 Å². The van der Waals surface area contributed by atoms with Gasteiger partial charge in [-0.15, -0.1) is 0 Å². The SMILES string of the molecule is COCCCOCCN(C)c1ccc(C#N)cc1. The van der Waals surface area contributed by atoms with Crippen LogP contribution in [0, 0.1) is 11.3 Å². The van der Waals surface area contributed by atoms with Crippen LogP contribution in [0.1, 0.15) is 12.0 Å². The van der Waals surface area contributed by atoms with Gasteiger partial charge in [-0.05, 0) is 30.7 Å². The number of benzene rings is 1. The lowest BCUT2D eigenvalue weighted by Crippen LogP contribution is -2.22. The number of nitrogens with zero attached hydrogens (tertiary/aromatic N) is 2. The fraction of sp³-hybridized carbons (Fsp3) is 0.500. The smallest absolute Gasteiger partial charge is 0.0991 e. The molecule has 0 atom stereocenters. The van der Waals surface area contributed by atoms with Crippen molar-refractivity contribution in [3.8, 4) is 6.07 Å². The zero-order valence-corrected chi connectivity index (χ0v) is 11.1. The minimum atomic E-state index is 0.683. The van der Waals surface area contributed by atoms with Crippen LogP contribution in [0.4, 0.5) is 5.69 Å². The molecular weight excluding hydrogens is 228 g/mol. The summed E-state index contributed by atoms with van der Waals surface area (Å²) < 4.78 is 10.4. The standard InChI is InChI=1S/C14H20N2O2/c1-16(8-11-18-10-3-9-17-2)14-6-4-13(12-15)5-7-14/h4-7H,3,8-11H2,1-2H3. The van der Waals surface area contributed by atoms with Crippen molar-refractivity contribution in [1.82, 2.24) is 0 Å². The van der Waals surface area contributed by atoms with E-state index in [1.54, 1.807) is 7.11 Å². The number of hydrogen-bond donors (Lipinski definition) is 0. The first kappa shape index (κ1) is 14.5. The highest BCUT2D eigenvalue weighted by Crippen LogP contribution is 2.12. The zero-order chi connectivity index (χ0) is 13.2. The van der Waals surface area contributed by atoms with Crippen molar-refractivity contribution in [3.63, 3.8) is 0 Å².